The zero-order chi connectivity index (χ0) is 19.8. The first-order chi connectivity index (χ1) is 14.2. The SMILES string of the molecule is CN1OC[C@@H]2CN(Cc3ccc(Cl)cc3)[C@H](c3ccc(-n4ccnc4)cc3)C[C@@H]21. The van der Waals surface area contributed by atoms with E-state index in [1.807, 2.05) is 29.2 Å². The molecule has 0 bridgehead atoms. The first-order valence-corrected chi connectivity index (χ1v) is 10.5. The van der Waals surface area contributed by atoms with Gasteiger partial charge in [0, 0.05) is 61.2 Å². The molecule has 0 spiro atoms. The Kier molecular flexibility index (Phi) is 5.14. The van der Waals surface area contributed by atoms with Gasteiger partial charge in [0.15, 0.2) is 0 Å². The van der Waals surface area contributed by atoms with E-state index in [0.717, 1.165) is 36.8 Å². The van der Waals surface area contributed by atoms with Gasteiger partial charge in [-0.1, -0.05) is 35.9 Å². The Morgan fingerprint density at radius 3 is 2.62 bits per heavy atom. The van der Waals surface area contributed by atoms with Gasteiger partial charge >= 0.3 is 0 Å². The number of hydrogen-bond acceptors (Lipinski definition) is 4. The monoisotopic (exact) mass is 408 g/mol. The molecule has 0 unspecified atom stereocenters. The highest BCUT2D eigenvalue weighted by Gasteiger charge is 2.42. The fraction of sp³-hybridized carbons (Fsp3) is 0.348. The van der Waals surface area contributed by atoms with Crippen molar-refractivity contribution >= 4 is 11.6 Å². The second kappa shape index (κ2) is 7.92. The Morgan fingerprint density at radius 1 is 1.10 bits per heavy atom. The summed E-state index contributed by atoms with van der Waals surface area (Å²) < 4.78 is 2.03. The zero-order valence-electron chi connectivity index (χ0n) is 16.5. The summed E-state index contributed by atoms with van der Waals surface area (Å²) in [6.07, 6.45) is 6.67. The fourth-order valence-electron chi connectivity index (χ4n) is 4.66. The van der Waals surface area contributed by atoms with Crippen molar-refractivity contribution < 1.29 is 4.84 Å². The van der Waals surface area contributed by atoms with Crippen molar-refractivity contribution in [3.05, 3.63) is 83.4 Å². The normalized spacial score (nSPS) is 25.2. The molecule has 2 saturated heterocycles. The second-order valence-electron chi connectivity index (χ2n) is 8.04. The number of imidazole rings is 1. The average molecular weight is 409 g/mol. The molecule has 0 amide bonds. The summed E-state index contributed by atoms with van der Waals surface area (Å²) in [5, 5.41) is 2.85. The number of halogens is 1. The van der Waals surface area contributed by atoms with E-state index >= 15 is 0 Å². The van der Waals surface area contributed by atoms with Gasteiger partial charge in [0.2, 0.25) is 0 Å². The maximum absolute atomic E-state index is 6.08. The highest BCUT2D eigenvalue weighted by molar-refractivity contribution is 6.30. The quantitative estimate of drug-likeness (QED) is 0.643. The summed E-state index contributed by atoms with van der Waals surface area (Å²) >= 11 is 6.08. The highest BCUT2D eigenvalue weighted by Crippen LogP contribution is 2.39. The molecule has 150 valence electrons. The number of likely N-dealkylation sites (tertiary alicyclic amines) is 1. The van der Waals surface area contributed by atoms with Crippen LogP contribution in [-0.4, -0.2) is 45.8 Å². The summed E-state index contributed by atoms with van der Waals surface area (Å²) in [5.74, 6) is 0.550. The summed E-state index contributed by atoms with van der Waals surface area (Å²) in [6, 6.07) is 17.9. The van der Waals surface area contributed by atoms with Crippen molar-refractivity contribution in [2.24, 2.45) is 5.92 Å². The maximum Gasteiger partial charge on any atom is 0.0991 e. The van der Waals surface area contributed by atoms with E-state index in [1.54, 1.807) is 6.20 Å². The van der Waals surface area contributed by atoms with Crippen LogP contribution in [0.25, 0.3) is 5.69 Å². The molecule has 2 aromatic carbocycles. The molecular formula is C23H25ClN4O. The Labute approximate surface area is 176 Å². The predicted molar refractivity (Wildman–Crippen MR) is 114 cm³/mol. The summed E-state index contributed by atoms with van der Waals surface area (Å²) in [5.41, 5.74) is 3.77. The zero-order valence-corrected chi connectivity index (χ0v) is 17.2. The fourth-order valence-corrected chi connectivity index (χ4v) is 4.79. The first-order valence-electron chi connectivity index (χ1n) is 10.1. The van der Waals surface area contributed by atoms with Crippen molar-refractivity contribution in [3.63, 3.8) is 0 Å². The molecule has 5 rings (SSSR count). The second-order valence-corrected chi connectivity index (χ2v) is 8.47. The predicted octanol–water partition coefficient (Wildman–Crippen LogP) is 4.33. The number of fused-ring (bicyclic) bond motifs is 1. The van der Waals surface area contributed by atoms with Gasteiger partial charge in [0.25, 0.3) is 0 Å². The lowest BCUT2D eigenvalue weighted by Gasteiger charge is -2.42. The molecule has 0 aliphatic carbocycles. The van der Waals surface area contributed by atoms with Gasteiger partial charge in [-0.3, -0.25) is 9.74 Å². The van der Waals surface area contributed by atoms with Crippen LogP contribution in [0.5, 0.6) is 0 Å². The van der Waals surface area contributed by atoms with Crippen LogP contribution >= 0.6 is 11.6 Å². The number of aromatic nitrogens is 2. The molecule has 5 nitrogen and oxygen atoms in total. The number of nitrogens with zero attached hydrogens (tertiary/aromatic N) is 4. The van der Waals surface area contributed by atoms with Crippen molar-refractivity contribution in [1.82, 2.24) is 19.5 Å². The molecule has 2 fully saturated rings. The van der Waals surface area contributed by atoms with Crippen LogP contribution in [0.3, 0.4) is 0 Å². The molecule has 0 saturated carbocycles. The van der Waals surface area contributed by atoms with E-state index in [4.69, 9.17) is 16.4 Å². The van der Waals surface area contributed by atoms with Crippen molar-refractivity contribution in [2.75, 3.05) is 20.2 Å². The number of benzene rings is 2. The van der Waals surface area contributed by atoms with Crippen LogP contribution in [0, 0.1) is 5.92 Å². The Balaban J connectivity index is 1.42. The van der Waals surface area contributed by atoms with Crippen LogP contribution in [0.15, 0.2) is 67.3 Å². The molecule has 3 atom stereocenters. The molecule has 2 aliphatic rings. The molecule has 0 N–H and O–H groups in total. The van der Waals surface area contributed by atoms with Gasteiger partial charge in [-0.2, -0.15) is 5.06 Å². The Hall–Kier alpha value is -2.18. The molecule has 1 aromatic heterocycles. The number of rotatable bonds is 4. The van der Waals surface area contributed by atoms with Crippen LogP contribution in [0.4, 0.5) is 0 Å². The molecule has 2 aliphatic heterocycles. The summed E-state index contributed by atoms with van der Waals surface area (Å²) in [7, 11) is 2.07. The van der Waals surface area contributed by atoms with Gasteiger partial charge in [0.05, 0.1) is 12.9 Å². The first kappa shape index (κ1) is 18.8. The molecule has 3 heterocycles. The van der Waals surface area contributed by atoms with Gasteiger partial charge in [-0.05, 0) is 41.8 Å². The standard InChI is InChI=1S/C23H25ClN4O/c1-26-22-12-23(18-4-8-21(9-5-18)27-11-10-25-16-27)28(14-19(22)15-29-26)13-17-2-6-20(24)7-3-17/h2-11,16,19,22-23H,12-15H2,1H3/t19-,22-,23-/m0/s1. The minimum absolute atomic E-state index is 0.355. The van der Waals surface area contributed by atoms with Crippen LogP contribution in [-0.2, 0) is 11.4 Å². The molecule has 3 aromatic rings. The van der Waals surface area contributed by atoms with Gasteiger partial charge in [-0.25, -0.2) is 4.98 Å². The van der Waals surface area contributed by atoms with E-state index < -0.39 is 0 Å². The lowest BCUT2D eigenvalue weighted by molar-refractivity contribution is -0.114. The van der Waals surface area contributed by atoms with E-state index in [1.165, 1.54) is 11.1 Å². The van der Waals surface area contributed by atoms with Gasteiger partial charge < -0.3 is 4.57 Å². The Morgan fingerprint density at radius 2 is 1.90 bits per heavy atom. The minimum atomic E-state index is 0.355. The van der Waals surface area contributed by atoms with E-state index in [-0.39, 0.29) is 0 Å². The molecule has 29 heavy (non-hydrogen) atoms. The smallest absolute Gasteiger partial charge is 0.0991 e. The van der Waals surface area contributed by atoms with Crippen molar-refractivity contribution in [2.45, 2.75) is 25.0 Å². The van der Waals surface area contributed by atoms with E-state index in [2.05, 4.69) is 58.4 Å². The largest absolute Gasteiger partial charge is 0.306 e. The number of piperidine rings is 1. The van der Waals surface area contributed by atoms with Crippen molar-refractivity contribution in [3.8, 4) is 5.69 Å². The third kappa shape index (κ3) is 3.83. The maximum atomic E-state index is 6.08. The summed E-state index contributed by atoms with van der Waals surface area (Å²) in [6.45, 7) is 2.76. The third-order valence-electron chi connectivity index (χ3n) is 6.26. The van der Waals surface area contributed by atoms with Crippen LogP contribution < -0.4 is 0 Å². The van der Waals surface area contributed by atoms with Crippen LogP contribution in [0.2, 0.25) is 5.02 Å². The van der Waals surface area contributed by atoms with Crippen molar-refractivity contribution in [1.29, 1.82) is 0 Å². The average Bonchev–Trinajstić information content (AvgIpc) is 3.40. The number of hydroxylamine groups is 2. The third-order valence-corrected chi connectivity index (χ3v) is 6.51. The highest BCUT2D eigenvalue weighted by atomic mass is 35.5. The lowest BCUT2D eigenvalue weighted by Crippen LogP contribution is -2.46. The van der Waals surface area contributed by atoms with Gasteiger partial charge in [-0.15, -0.1) is 0 Å². The van der Waals surface area contributed by atoms with Gasteiger partial charge in [0.1, 0.15) is 0 Å². The van der Waals surface area contributed by atoms with Crippen LogP contribution in [0.1, 0.15) is 23.6 Å². The number of hydrogen-bond donors (Lipinski definition) is 0. The molecular weight excluding hydrogens is 384 g/mol. The summed E-state index contributed by atoms with van der Waals surface area (Å²) in [4.78, 5) is 12.6. The Bertz CT molecular complexity index is 942. The van der Waals surface area contributed by atoms with E-state index in [0.29, 0.717) is 18.0 Å². The topological polar surface area (TPSA) is 33.5 Å². The minimum Gasteiger partial charge on any atom is -0.306 e. The van der Waals surface area contributed by atoms with E-state index in [9.17, 15) is 0 Å². The molecule has 6 heteroatoms. The lowest BCUT2D eigenvalue weighted by atomic mass is 9.85. The molecule has 0 radical (unpaired) electrons.